The van der Waals surface area contributed by atoms with Crippen LogP contribution in [0.1, 0.15) is 31.2 Å². The molecule has 4 heteroatoms. The van der Waals surface area contributed by atoms with Gasteiger partial charge in [0.25, 0.3) is 0 Å². The van der Waals surface area contributed by atoms with Crippen molar-refractivity contribution >= 4 is 0 Å². The fraction of sp³-hybridized carbons (Fsp3) is 0.625. The summed E-state index contributed by atoms with van der Waals surface area (Å²) in [4.78, 5) is 0. The van der Waals surface area contributed by atoms with E-state index >= 15 is 0 Å². The zero-order valence-electron chi connectivity index (χ0n) is 12.6. The molecule has 0 saturated heterocycles. The normalized spacial score (nSPS) is 22.6. The number of benzene rings is 1. The van der Waals surface area contributed by atoms with Crippen molar-refractivity contribution in [3.05, 3.63) is 23.8 Å². The van der Waals surface area contributed by atoms with E-state index < -0.39 is 0 Å². The molecule has 0 aromatic heterocycles. The molecular weight excluding hydrogens is 254 g/mol. The maximum atomic E-state index is 5.46. The highest BCUT2D eigenvalue weighted by Gasteiger charge is 2.21. The Kier molecular flexibility index (Phi) is 5.68. The van der Waals surface area contributed by atoms with Crippen molar-refractivity contribution in [2.24, 2.45) is 0 Å². The number of hydrogen-bond acceptors (Lipinski definition) is 4. The third kappa shape index (κ3) is 3.87. The highest BCUT2D eigenvalue weighted by Crippen LogP contribution is 2.28. The summed E-state index contributed by atoms with van der Waals surface area (Å²) in [5, 5.41) is 3.61. The van der Waals surface area contributed by atoms with Gasteiger partial charge in [0.2, 0.25) is 0 Å². The van der Waals surface area contributed by atoms with Crippen molar-refractivity contribution in [3.63, 3.8) is 0 Å². The number of hydrogen-bond donors (Lipinski definition) is 1. The minimum absolute atomic E-state index is 0.409. The first-order valence-electron chi connectivity index (χ1n) is 7.24. The molecule has 1 aliphatic rings. The molecule has 0 aliphatic heterocycles. The average molecular weight is 279 g/mol. The van der Waals surface area contributed by atoms with Gasteiger partial charge in [0.1, 0.15) is 0 Å². The van der Waals surface area contributed by atoms with Crippen LogP contribution in [0, 0.1) is 0 Å². The van der Waals surface area contributed by atoms with Gasteiger partial charge >= 0.3 is 0 Å². The van der Waals surface area contributed by atoms with Crippen LogP contribution in [0.4, 0.5) is 0 Å². The SMILES string of the molecule is COc1ccc(CN[C@@H]2CCC[C@@H](OC)C2)cc1OC. The second kappa shape index (κ2) is 7.50. The predicted octanol–water partition coefficient (Wildman–Crippen LogP) is 2.75. The first kappa shape index (κ1) is 15.1. The topological polar surface area (TPSA) is 39.7 Å². The smallest absolute Gasteiger partial charge is 0.161 e. The molecule has 20 heavy (non-hydrogen) atoms. The van der Waals surface area contributed by atoms with E-state index in [0.717, 1.165) is 24.5 Å². The lowest BCUT2D eigenvalue weighted by Crippen LogP contribution is -2.36. The van der Waals surface area contributed by atoms with Crippen molar-refractivity contribution in [3.8, 4) is 11.5 Å². The maximum absolute atomic E-state index is 5.46. The van der Waals surface area contributed by atoms with Gasteiger partial charge in [0.05, 0.1) is 20.3 Å². The Balaban J connectivity index is 1.90. The molecule has 4 nitrogen and oxygen atoms in total. The minimum Gasteiger partial charge on any atom is -0.493 e. The number of methoxy groups -OCH3 is 3. The summed E-state index contributed by atoms with van der Waals surface area (Å²) < 4.78 is 16.0. The van der Waals surface area contributed by atoms with E-state index in [4.69, 9.17) is 14.2 Å². The highest BCUT2D eigenvalue weighted by atomic mass is 16.5. The molecule has 0 bridgehead atoms. The summed E-state index contributed by atoms with van der Waals surface area (Å²) in [5.41, 5.74) is 1.21. The average Bonchev–Trinajstić information content (AvgIpc) is 2.52. The number of rotatable bonds is 6. The zero-order valence-corrected chi connectivity index (χ0v) is 12.6. The summed E-state index contributed by atoms with van der Waals surface area (Å²) in [7, 11) is 5.13. The van der Waals surface area contributed by atoms with Crippen molar-refractivity contribution in [1.29, 1.82) is 0 Å². The van der Waals surface area contributed by atoms with Crippen LogP contribution in [0.15, 0.2) is 18.2 Å². The Morgan fingerprint density at radius 2 is 1.90 bits per heavy atom. The lowest BCUT2D eigenvalue weighted by atomic mass is 9.92. The Hall–Kier alpha value is -1.26. The second-order valence-electron chi connectivity index (χ2n) is 5.29. The van der Waals surface area contributed by atoms with Crippen molar-refractivity contribution in [2.75, 3.05) is 21.3 Å². The van der Waals surface area contributed by atoms with Gasteiger partial charge in [0.15, 0.2) is 11.5 Å². The predicted molar refractivity (Wildman–Crippen MR) is 79.4 cm³/mol. The summed E-state index contributed by atoms with van der Waals surface area (Å²) >= 11 is 0. The van der Waals surface area contributed by atoms with Crippen LogP contribution in [0.5, 0.6) is 11.5 Å². The molecular formula is C16H25NO3. The standard InChI is InChI=1S/C16H25NO3/c1-18-14-6-4-5-13(10-14)17-11-12-7-8-15(19-2)16(9-12)20-3/h7-9,13-14,17H,4-6,10-11H2,1-3H3/t13-,14-/m1/s1. The largest absolute Gasteiger partial charge is 0.493 e. The fourth-order valence-corrected chi connectivity index (χ4v) is 2.80. The Morgan fingerprint density at radius 3 is 2.60 bits per heavy atom. The highest BCUT2D eigenvalue weighted by molar-refractivity contribution is 5.42. The third-order valence-corrected chi connectivity index (χ3v) is 4.00. The van der Waals surface area contributed by atoms with E-state index in [2.05, 4.69) is 11.4 Å². The molecule has 0 spiro atoms. The summed E-state index contributed by atoms with van der Waals surface area (Å²) in [6, 6.07) is 6.60. The van der Waals surface area contributed by atoms with Gasteiger partial charge in [0, 0.05) is 19.7 Å². The molecule has 0 radical (unpaired) electrons. The molecule has 0 unspecified atom stereocenters. The first-order chi connectivity index (χ1) is 9.76. The van der Waals surface area contributed by atoms with Crippen LogP contribution in [0.3, 0.4) is 0 Å². The van der Waals surface area contributed by atoms with E-state index in [1.54, 1.807) is 21.3 Å². The molecule has 1 saturated carbocycles. The van der Waals surface area contributed by atoms with Crippen molar-refractivity contribution < 1.29 is 14.2 Å². The molecule has 0 heterocycles. The van der Waals surface area contributed by atoms with Gasteiger partial charge in [-0.25, -0.2) is 0 Å². The van der Waals surface area contributed by atoms with Gasteiger partial charge in [-0.05, 0) is 43.4 Å². The monoisotopic (exact) mass is 279 g/mol. The lowest BCUT2D eigenvalue weighted by Gasteiger charge is -2.29. The number of nitrogens with one attached hydrogen (secondary N) is 1. The lowest BCUT2D eigenvalue weighted by molar-refractivity contribution is 0.0586. The molecule has 112 valence electrons. The van der Waals surface area contributed by atoms with Crippen molar-refractivity contribution in [2.45, 2.75) is 44.4 Å². The van der Waals surface area contributed by atoms with E-state index in [1.165, 1.54) is 24.8 Å². The molecule has 2 rings (SSSR count). The van der Waals surface area contributed by atoms with Crippen LogP contribution < -0.4 is 14.8 Å². The summed E-state index contributed by atoms with van der Waals surface area (Å²) in [5.74, 6) is 1.55. The van der Waals surface area contributed by atoms with Crippen LogP contribution in [-0.2, 0) is 11.3 Å². The van der Waals surface area contributed by atoms with E-state index in [-0.39, 0.29) is 0 Å². The zero-order chi connectivity index (χ0) is 14.4. The van der Waals surface area contributed by atoms with Crippen LogP contribution >= 0.6 is 0 Å². The number of ether oxygens (including phenoxy) is 3. The van der Waals surface area contributed by atoms with Crippen LogP contribution in [0.25, 0.3) is 0 Å². The Labute approximate surface area is 121 Å². The van der Waals surface area contributed by atoms with Gasteiger partial charge in [-0.1, -0.05) is 6.07 Å². The van der Waals surface area contributed by atoms with Gasteiger partial charge < -0.3 is 19.5 Å². The van der Waals surface area contributed by atoms with Crippen LogP contribution in [-0.4, -0.2) is 33.5 Å². The van der Waals surface area contributed by atoms with Gasteiger partial charge in [-0.3, -0.25) is 0 Å². The summed E-state index contributed by atoms with van der Waals surface area (Å²) in [6.07, 6.45) is 5.16. The van der Waals surface area contributed by atoms with E-state index in [0.29, 0.717) is 12.1 Å². The van der Waals surface area contributed by atoms with E-state index in [1.807, 2.05) is 12.1 Å². The molecule has 1 aliphatic carbocycles. The second-order valence-corrected chi connectivity index (χ2v) is 5.29. The molecule has 2 atom stereocenters. The fourth-order valence-electron chi connectivity index (χ4n) is 2.80. The molecule has 1 fully saturated rings. The van der Waals surface area contributed by atoms with Gasteiger partial charge in [-0.15, -0.1) is 0 Å². The van der Waals surface area contributed by atoms with Crippen LogP contribution in [0.2, 0.25) is 0 Å². The Bertz CT molecular complexity index is 422. The molecule has 0 amide bonds. The quantitative estimate of drug-likeness (QED) is 0.869. The molecule has 1 aromatic carbocycles. The third-order valence-electron chi connectivity index (χ3n) is 4.00. The molecule has 1 N–H and O–H groups in total. The molecule has 1 aromatic rings. The van der Waals surface area contributed by atoms with E-state index in [9.17, 15) is 0 Å². The summed E-state index contributed by atoms with van der Waals surface area (Å²) in [6.45, 7) is 0.849. The minimum atomic E-state index is 0.409. The maximum Gasteiger partial charge on any atom is 0.161 e. The van der Waals surface area contributed by atoms with Crippen molar-refractivity contribution in [1.82, 2.24) is 5.32 Å². The Morgan fingerprint density at radius 1 is 1.10 bits per heavy atom. The first-order valence-corrected chi connectivity index (χ1v) is 7.24. The van der Waals surface area contributed by atoms with Gasteiger partial charge in [-0.2, -0.15) is 0 Å².